The predicted molar refractivity (Wildman–Crippen MR) is 51.6 cm³/mol. The number of nitrogens with two attached hydrogens (primary N) is 2. The third-order valence-corrected chi connectivity index (χ3v) is 1.72. The van der Waals surface area contributed by atoms with Crippen LogP contribution in [0, 0.1) is 6.92 Å². The van der Waals surface area contributed by atoms with Crippen molar-refractivity contribution in [2.45, 2.75) is 13.5 Å². The maximum atomic E-state index is 5.36. The molecule has 0 radical (unpaired) electrons. The summed E-state index contributed by atoms with van der Waals surface area (Å²) in [5, 5.41) is 0. The molecule has 0 saturated heterocycles. The molecular weight excluding hydrogens is 166 g/mol. The molecule has 0 unspecified atom stereocenters. The third-order valence-electron chi connectivity index (χ3n) is 1.72. The summed E-state index contributed by atoms with van der Waals surface area (Å²) in [5.41, 5.74) is 9.81. The molecule has 1 aromatic heterocycles. The lowest BCUT2D eigenvalue weighted by Crippen LogP contribution is -2.37. The van der Waals surface area contributed by atoms with Crippen molar-refractivity contribution in [2.75, 3.05) is 0 Å². The maximum absolute atomic E-state index is 5.36. The molecule has 0 aliphatic rings. The van der Waals surface area contributed by atoms with Gasteiger partial charge in [-0.15, -0.1) is 0 Å². The SMILES string of the molecule is Cc1ccncc1CN=C(N)NN. The molecule has 0 saturated carbocycles. The largest absolute Gasteiger partial charge is 0.369 e. The first kappa shape index (κ1) is 9.47. The Morgan fingerprint density at radius 2 is 2.46 bits per heavy atom. The highest BCUT2D eigenvalue weighted by Crippen LogP contribution is 2.05. The molecule has 5 heteroatoms. The predicted octanol–water partition coefficient (Wildman–Crippen LogP) is -0.332. The topological polar surface area (TPSA) is 89.3 Å². The van der Waals surface area contributed by atoms with Crippen molar-refractivity contribution in [1.82, 2.24) is 10.4 Å². The Kier molecular flexibility index (Phi) is 3.22. The normalized spacial score (nSPS) is 11.4. The van der Waals surface area contributed by atoms with E-state index in [2.05, 4.69) is 15.4 Å². The summed E-state index contributed by atoms with van der Waals surface area (Å²) >= 11 is 0. The Morgan fingerprint density at radius 1 is 1.69 bits per heavy atom. The molecule has 1 aromatic rings. The van der Waals surface area contributed by atoms with E-state index in [4.69, 9.17) is 11.6 Å². The van der Waals surface area contributed by atoms with Gasteiger partial charge in [-0.2, -0.15) is 0 Å². The van der Waals surface area contributed by atoms with Crippen LogP contribution < -0.4 is 17.0 Å². The van der Waals surface area contributed by atoms with Crippen LogP contribution in [0.4, 0.5) is 0 Å². The van der Waals surface area contributed by atoms with Crippen molar-refractivity contribution in [3.8, 4) is 0 Å². The van der Waals surface area contributed by atoms with Gasteiger partial charge in [0, 0.05) is 12.4 Å². The number of rotatable bonds is 2. The molecule has 0 bridgehead atoms. The molecule has 1 rings (SSSR count). The van der Waals surface area contributed by atoms with Crippen LogP contribution in [0.1, 0.15) is 11.1 Å². The first-order valence-electron chi connectivity index (χ1n) is 3.90. The van der Waals surface area contributed by atoms with Crippen molar-refractivity contribution < 1.29 is 0 Å². The molecule has 13 heavy (non-hydrogen) atoms. The summed E-state index contributed by atoms with van der Waals surface area (Å²) in [6.07, 6.45) is 3.51. The number of aliphatic imine (C=N–C) groups is 1. The average Bonchev–Trinajstić information content (AvgIpc) is 2.16. The van der Waals surface area contributed by atoms with Crippen LogP contribution in [0.25, 0.3) is 0 Å². The first-order chi connectivity index (χ1) is 6.24. The number of pyridine rings is 1. The van der Waals surface area contributed by atoms with E-state index in [9.17, 15) is 0 Å². The first-order valence-corrected chi connectivity index (χ1v) is 3.90. The lowest BCUT2D eigenvalue weighted by atomic mass is 10.2. The van der Waals surface area contributed by atoms with Gasteiger partial charge in [-0.3, -0.25) is 10.4 Å². The Bertz CT molecular complexity index is 307. The van der Waals surface area contributed by atoms with Gasteiger partial charge in [0.2, 0.25) is 5.96 Å². The molecule has 0 fully saturated rings. The van der Waals surface area contributed by atoms with Crippen LogP contribution in [0.15, 0.2) is 23.5 Å². The zero-order valence-corrected chi connectivity index (χ0v) is 7.49. The van der Waals surface area contributed by atoms with Crippen LogP contribution in [-0.4, -0.2) is 10.9 Å². The lowest BCUT2D eigenvalue weighted by Gasteiger charge is -2.01. The minimum Gasteiger partial charge on any atom is -0.369 e. The van der Waals surface area contributed by atoms with E-state index in [0.29, 0.717) is 6.54 Å². The second-order valence-electron chi connectivity index (χ2n) is 2.65. The molecule has 5 nitrogen and oxygen atoms in total. The van der Waals surface area contributed by atoms with Crippen LogP contribution >= 0.6 is 0 Å². The van der Waals surface area contributed by atoms with Crippen molar-refractivity contribution in [2.24, 2.45) is 16.6 Å². The summed E-state index contributed by atoms with van der Waals surface area (Å²) in [4.78, 5) is 7.98. The zero-order valence-electron chi connectivity index (χ0n) is 7.49. The fraction of sp³-hybridized carbons (Fsp3) is 0.250. The van der Waals surface area contributed by atoms with Crippen molar-refractivity contribution in [1.29, 1.82) is 0 Å². The second-order valence-corrected chi connectivity index (χ2v) is 2.65. The Hall–Kier alpha value is -1.62. The Labute approximate surface area is 76.8 Å². The van der Waals surface area contributed by atoms with Crippen LogP contribution in [-0.2, 0) is 6.54 Å². The molecule has 5 N–H and O–H groups in total. The highest BCUT2D eigenvalue weighted by Gasteiger charge is 1.95. The number of aryl methyl sites for hydroxylation is 1. The smallest absolute Gasteiger partial charge is 0.203 e. The molecule has 0 aliphatic heterocycles. The van der Waals surface area contributed by atoms with E-state index in [1.165, 1.54) is 0 Å². The molecule has 0 spiro atoms. The van der Waals surface area contributed by atoms with Gasteiger partial charge in [-0.1, -0.05) is 0 Å². The fourth-order valence-electron chi connectivity index (χ4n) is 0.878. The van der Waals surface area contributed by atoms with Gasteiger partial charge in [-0.05, 0) is 24.1 Å². The fourth-order valence-corrected chi connectivity index (χ4v) is 0.878. The Balaban J connectivity index is 2.70. The second kappa shape index (κ2) is 4.42. The molecule has 0 aromatic carbocycles. The van der Waals surface area contributed by atoms with Gasteiger partial charge in [0.15, 0.2) is 0 Å². The number of nitrogens with zero attached hydrogens (tertiary/aromatic N) is 2. The molecule has 70 valence electrons. The van der Waals surface area contributed by atoms with Gasteiger partial charge in [0.25, 0.3) is 0 Å². The maximum Gasteiger partial charge on any atom is 0.203 e. The number of hydrogen-bond donors (Lipinski definition) is 3. The Morgan fingerprint density at radius 3 is 3.08 bits per heavy atom. The number of nitrogens with one attached hydrogen (secondary N) is 1. The van der Waals surface area contributed by atoms with E-state index >= 15 is 0 Å². The third kappa shape index (κ3) is 2.72. The van der Waals surface area contributed by atoms with Crippen LogP contribution in [0.3, 0.4) is 0 Å². The minimum absolute atomic E-state index is 0.225. The molecule has 0 atom stereocenters. The summed E-state index contributed by atoms with van der Waals surface area (Å²) in [6, 6.07) is 1.93. The zero-order chi connectivity index (χ0) is 9.68. The molecule has 0 aliphatic carbocycles. The number of aromatic nitrogens is 1. The van der Waals surface area contributed by atoms with Gasteiger partial charge >= 0.3 is 0 Å². The monoisotopic (exact) mass is 179 g/mol. The van der Waals surface area contributed by atoms with Crippen molar-refractivity contribution in [3.05, 3.63) is 29.6 Å². The van der Waals surface area contributed by atoms with Gasteiger partial charge < -0.3 is 5.73 Å². The number of hydrazine groups is 1. The lowest BCUT2D eigenvalue weighted by molar-refractivity contribution is 0.947. The van der Waals surface area contributed by atoms with Gasteiger partial charge in [0.1, 0.15) is 0 Å². The van der Waals surface area contributed by atoms with Crippen LogP contribution in [0.2, 0.25) is 0 Å². The molecule has 1 heterocycles. The summed E-state index contributed by atoms with van der Waals surface area (Å²) in [6.45, 7) is 2.49. The number of guanidine groups is 1. The summed E-state index contributed by atoms with van der Waals surface area (Å²) in [5.74, 6) is 5.28. The highest BCUT2D eigenvalue weighted by molar-refractivity contribution is 5.77. The molecule has 0 amide bonds. The van der Waals surface area contributed by atoms with E-state index in [1.54, 1.807) is 12.4 Å². The van der Waals surface area contributed by atoms with Crippen LogP contribution in [0.5, 0.6) is 0 Å². The van der Waals surface area contributed by atoms with E-state index in [1.807, 2.05) is 13.0 Å². The number of hydrogen-bond acceptors (Lipinski definition) is 3. The minimum atomic E-state index is 0.225. The summed E-state index contributed by atoms with van der Waals surface area (Å²) < 4.78 is 0. The highest BCUT2D eigenvalue weighted by atomic mass is 15.3. The summed E-state index contributed by atoms with van der Waals surface area (Å²) in [7, 11) is 0. The molecular formula is C8H13N5. The van der Waals surface area contributed by atoms with Gasteiger partial charge in [0.05, 0.1) is 6.54 Å². The van der Waals surface area contributed by atoms with Crippen molar-refractivity contribution in [3.63, 3.8) is 0 Å². The van der Waals surface area contributed by atoms with Crippen molar-refractivity contribution >= 4 is 5.96 Å². The standard InChI is InChI=1S/C8H13N5/c1-6-2-3-11-4-7(6)5-12-8(9)13-10/h2-4H,5,10H2,1H3,(H3,9,12,13). The van der Waals surface area contributed by atoms with E-state index < -0.39 is 0 Å². The van der Waals surface area contributed by atoms with E-state index in [-0.39, 0.29) is 5.96 Å². The quantitative estimate of drug-likeness (QED) is 0.251. The average molecular weight is 179 g/mol. The van der Waals surface area contributed by atoms with E-state index in [0.717, 1.165) is 11.1 Å². The van der Waals surface area contributed by atoms with Gasteiger partial charge in [-0.25, -0.2) is 10.8 Å².